The summed E-state index contributed by atoms with van der Waals surface area (Å²) in [4.78, 5) is 40.0. The van der Waals surface area contributed by atoms with E-state index in [0.717, 1.165) is 25.9 Å². The average molecular weight is 339 g/mol. The first-order valence-electron chi connectivity index (χ1n) is 8.88. The second kappa shape index (κ2) is 7.96. The van der Waals surface area contributed by atoms with Crippen LogP contribution in [-0.2, 0) is 14.4 Å². The number of likely N-dealkylation sites (tertiary alicyclic amines) is 2. The maximum absolute atomic E-state index is 12.3. The number of carbonyl (C=O) groups is 3. The van der Waals surface area contributed by atoms with Crippen LogP contribution in [0.1, 0.15) is 40.0 Å². The van der Waals surface area contributed by atoms with Crippen LogP contribution in [0.2, 0.25) is 0 Å². The van der Waals surface area contributed by atoms with Gasteiger partial charge in [0.25, 0.3) is 0 Å². The van der Waals surface area contributed by atoms with Crippen LogP contribution < -0.4 is 5.32 Å². The molecule has 2 amide bonds. The van der Waals surface area contributed by atoms with Crippen molar-refractivity contribution in [1.29, 1.82) is 0 Å². The van der Waals surface area contributed by atoms with Crippen molar-refractivity contribution in [2.24, 2.45) is 11.8 Å². The standard InChI is InChI=1S/C17H29N3O4/c1-4-19-7-5-6-13(19)10-20-9-12(8-14(20)21)16(22)18-15(11(2)3)17(23)24/h11-13,15H,4-10H2,1-3H3,(H,18,22)(H,23,24)/t12-,13-,15+/m1/s1. The first-order valence-corrected chi connectivity index (χ1v) is 8.88. The number of carbonyl (C=O) groups excluding carboxylic acids is 2. The lowest BCUT2D eigenvalue weighted by molar-refractivity contribution is -0.143. The molecule has 2 aliphatic rings. The molecule has 2 N–H and O–H groups in total. The minimum absolute atomic E-state index is 0.00507. The predicted octanol–water partition coefficient (Wildman–Crippen LogP) is 0.545. The van der Waals surface area contributed by atoms with Crippen molar-refractivity contribution in [3.8, 4) is 0 Å². The summed E-state index contributed by atoms with van der Waals surface area (Å²) in [6, 6.07) is -0.532. The Bertz CT molecular complexity index is 494. The third kappa shape index (κ3) is 4.26. The number of likely N-dealkylation sites (N-methyl/N-ethyl adjacent to an activating group) is 1. The maximum atomic E-state index is 12.3. The van der Waals surface area contributed by atoms with Gasteiger partial charge in [-0.3, -0.25) is 14.5 Å². The number of hydrogen-bond donors (Lipinski definition) is 2. The summed E-state index contributed by atoms with van der Waals surface area (Å²) in [5.41, 5.74) is 0. The van der Waals surface area contributed by atoms with Gasteiger partial charge in [-0.2, -0.15) is 0 Å². The Morgan fingerprint density at radius 2 is 2.08 bits per heavy atom. The fourth-order valence-electron chi connectivity index (χ4n) is 3.68. The molecule has 0 aromatic rings. The molecule has 0 aromatic carbocycles. The van der Waals surface area contributed by atoms with Gasteiger partial charge in [-0.05, 0) is 31.8 Å². The van der Waals surface area contributed by atoms with Gasteiger partial charge in [0.2, 0.25) is 11.8 Å². The molecule has 0 aliphatic carbocycles. The Morgan fingerprint density at radius 1 is 1.38 bits per heavy atom. The number of nitrogens with one attached hydrogen (secondary N) is 1. The molecule has 0 bridgehead atoms. The molecule has 2 aliphatic heterocycles. The second-order valence-electron chi connectivity index (χ2n) is 7.19. The number of hydrogen-bond acceptors (Lipinski definition) is 4. The third-order valence-corrected chi connectivity index (χ3v) is 5.15. The second-order valence-corrected chi connectivity index (χ2v) is 7.19. The Balaban J connectivity index is 1.91. The zero-order valence-corrected chi connectivity index (χ0v) is 14.8. The van der Waals surface area contributed by atoms with Crippen molar-refractivity contribution >= 4 is 17.8 Å². The van der Waals surface area contributed by atoms with Crippen LogP contribution >= 0.6 is 0 Å². The SMILES string of the molecule is CCN1CCC[C@@H]1CN1C[C@H](C(=O)N[C@H](C(=O)O)C(C)C)CC1=O. The van der Waals surface area contributed by atoms with Gasteiger partial charge in [0.1, 0.15) is 6.04 Å². The smallest absolute Gasteiger partial charge is 0.326 e. The highest BCUT2D eigenvalue weighted by atomic mass is 16.4. The minimum atomic E-state index is -1.04. The highest BCUT2D eigenvalue weighted by Crippen LogP contribution is 2.23. The topological polar surface area (TPSA) is 89.9 Å². The molecule has 0 unspecified atom stereocenters. The molecular weight excluding hydrogens is 310 g/mol. The third-order valence-electron chi connectivity index (χ3n) is 5.15. The summed E-state index contributed by atoms with van der Waals surface area (Å²) < 4.78 is 0. The quantitative estimate of drug-likeness (QED) is 0.707. The van der Waals surface area contributed by atoms with E-state index >= 15 is 0 Å². The number of rotatable bonds is 7. The van der Waals surface area contributed by atoms with Crippen LogP contribution in [0.4, 0.5) is 0 Å². The van der Waals surface area contributed by atoms with Gasteiger partial charge in [0.05, 0.1) is 5.92 Å². The van der Waals surface area contributed by atoms with Gasteiger partial charge in [-0.25, -0.2) is 4.79 Å². The van der Waals surface area contributed by atoms with Crippen LogP contribution in [0.3, 0.4) is 0 Å². The number of amides is 2. The molecular formula is C17H29N3O4. The zero-order valence-electron chi connectivity index (χ0n) is 14.8. The van der Waals surface area contributed by atoms with E-state index in [2.05, 4.69) is 17.1 Å². The predicted molar refractivity (Wildman–Crippen MR) is 89.4 cm³/mol. The van der Waals surface area contributed by atoms with Crippen molar-refractivity contribution in [3.05, 3.63) is 0 Å². The van der Waals surface area contributed by atoms with E-state index in [0.29, 0.717) is 19.1 Å². The van der Waals surface area contributed by atoms with Gasteiger partial charge in [0.15, 0.2) is 0 Å². The molecule has 2 fully saturated rings. The van der Waals surface area contributed by atoms with Crippen molar-refractivity contribution in [2.45, 2.75) is 52.1 Å². The minimum Gasteiger partial charge on any atom is -0.480 e. The molecule has 7 heteroatoms. The van der Waals surface area contributed by atoms with Gasteiger partial charge >= 0.3 is 5.97 Å². The number of carboxylic acid groups (broad SMARTS) is 1. The summed E-state index contributed by atoms with van der Waals surface area (Å²) >= 11 is 0. The summed E-state index contributed by atoms with van der Waals surface area (Å²) in [6.45, 7) is 8.74. The molecule has 2 heterocycles. The summed E-state index contributed by atoms with van der Waals surface area (Å²) in [5, 5.41) is 11.8. The summed E-state index contributed by atoms with van der Waals surface area (Å²) in [6.07, 6.45) is 2.41. The molecule has 3 atom stereocenters. The van der Waals surface area contributed by atoms with E-state index in [1.165, 1.54) is 0 Å². The van der Waals surface area contributed by atoms with E-state index in [4.69, 9.17) is 0 Å². The van der Waals surface area contributed by atoms with Crippen molar-refractivity contribution in [1.82, 2.24) is 15.1 Å². The largest absolute Gasteiger partial charge is 0.480 e. The van der Waals surface area contributed by atoms with Crippen molar-refractivity contribution in [3.63, 3.8) is 0 Å². The highest BCUT2D eigenvalue weighted by Gasteiger charge is 2.38. The normalized spacial score (nSPS) is 26.2. The number of aliphatic carboxylic acids is 1. The Kier molecular flexibility index (Phi) is 6.21. The molecule has 0 aromatic heterocycles. The molecule has 24 heavy (non-hydrogen) atoms. The maximum Gasteiger partial charge on any atom is 0.326 e. The Morgan fingerprint density at radius 3 is 2.67 bits per heavy atom. The first kappa shape index (κ1) is 18.7. The fourth-order valence-corrected chi connectivity index (χ4v) is 3.68. The molecule has 0 radical (unpaired) electrons. The highest BCUT2D eigenvalue weighted by molar-refractivity contribution is 5.91. The molecule has 2 rings (SSSR count). The Labute approximate surface area is 143 Å². The number of carboxylic acids is 1. The lowest BCUT2D eigenvalue weighted by atomic mass is 10.0. The van der Waals surface area contributed by atoms with Gasteiger partial charge in [-0.1, -0.05) is 20.8 Å². The lowest BCUT2D eigenvalue weighted by Gasteiger charge is -2.27. The van der Waals surface area contributed by atoms with E-state index < -0.39 is 17.9 Å². The van der Waals surface area contributed by atoms with E-state index in [1.807, 2.05) is 0 Å². The lowest BCUT2D eigenvalue weighted by Crippen LogP contribution is -2.47. The fraction of sp³-hybridized carbons (Fsp3) is 0.824. The van der Waals surface area contributed by atoms with Crippen LogP contribution in [-0.4, -0.2) is 71.0 Å². The summed E-state index contributed by atoms with van der Waals surface area (Å²) in [5.74, 6) is -2.02. The first-order chi connectivity index (χ1) is 11.3. The van der Waals surface area contributed by atoms with E-state index in [-0.39, 0.29) is 24.2 Å². The average Bonchev–Trinajstić information content (AvgIpc) is 3.11. The van der Waals surface area contributed by atoms with E-state index in [1.54, 1.807) is 18.7 Å². The summed E-state index contributed by atoms with van der Waals surface area (Å²) in [7, 11) is 0. The molecule has 2 saturated heterocycles. The molecule has 0 spiro atoms. The van der Waals surface area contributed by atoms with Crippen LogP contribution in [0.25, 0.3) is 0 Å². The van der Waals surface area contributed by atoms with Crippen molar-refractivity contribution in [2.75, 3.05) is 26.2 Å². The van der Waals surface area contributed by atoms with Gasteiger partial charge in [-0.15, -0.1) is 0 Å². The van der Waals surface area contributed by atoms with Gasteiger partial charge < -0.3 is 15.3 Å². The molecule has 7 nitrogen and oxygen atoms in total. The van der Waals surface area contributed by atoms with Crippen LogP contribution in [0, 0.1) is 11.8 Å². The van der Waals surface area contributed by atoms with Gasteiger partial charge in [0, 0.05) is 25.6 Å². The van der Waals surface area contributed by atoms with Crippen molar-refractivity contribution < 1.29 is 19.5 Å². The molecule has 0 saturated carbocycles. The molecule has 136 valence electrons. The monoisotopic (exact) mass is 339 g/mol. The zero-order chi connectivity index (χ0) is 17.9. The number of nitrogens with zero attached hydrogens (tertiary/aromatic N) is 2. The van der Waals surface area contributed by atoms with Crippen LogP contribution in [0.15, 0.2) is 0 Å². The van der Waals surface area contributed by atoms with E-state index in [9.17, 15) is 19.5 Å². The Hall–Kier alpha value is -1.63. The van der Waals surface area contributed by atoms with Crippen LogP contribution in [0.5, 0.6) is 0 Å².